The smallest absolute Gasteiger partial charge is 0.153 e. The van der Waals surface area contributed by atoms with Crippen LogP contribution in [-0.4, -0.2) is 9.97 Å². The van der Waals surface area contributed by atoms with Gasteiger partial charge in [-0.2, -0.15) is 10.9 Å². The molecule has 0 spiro atoms. The minimum absolute atomic E-state index is 0.444. The lowest BCUT2D eigenvalue weighted by Gasteiger charge is -2.04. The maximum Gasteiger partial charge on any atom is 0.153 e. The molecule has 0 atom stereocenters. The van der Waals surface area contributed by atoms with Crippen molar-refractivity contribution in [1.29, 1.82) is 0 Å². The molecule has 0 saturated heterocycles. The summed E-state index contributed by atoms with van der Waals surface area (Å²) >= 11 is 0. The lowest BCUT2D eigenvalue weighted by molar-refractivity contribution is 1.06. The van der Waals surface area contributed by atoms with Crippen molar-refractivity contribution in [2.75, 3.05) is 0 Å². The van der Waals surface area contributed by atoms with E-state index in [-0.39, 0.29) is 0 Å². The summed E-state index contributed by atoms with van der Waals surface area (Å²) in [4.78, 5) is 8.46. The molecule has 1 aliphatic rings. The molecule has 0 bridgehead atoms. The summed E-state index contributed by atoms with van der Waals surface area (Å²) in [6.07, 6.45) is 4.19. The summed E-state index contributed by atoms with van der Waals surface area (Å²) in [5, 5.41) is 5.49. The highest BCUT2D eigenvalue weighted by molar-refractivity contribution is 8.22. The third-order valence-corrected chi connectivity index (χ3v) is 5.34. The van der Waals surface area contributed by atoms with Gasteiger partial charge < -0.3 is 4.98 Å². The van der Waals surface area contributed by atoms with Crippen LogP contribution in [0.25, 0.3) is 22.5 Å². The van der Waals surface area contributed by atoms with Crippen LogP contribution in [0.15, 0.2) is 88.8 Å². The van der Waals surface area contributed by atoms with Crippen LogP contribution >= 0.6 is 10.9 Å². The normalized spacial score (nSPS) is 14.6. The van der Waals surface area contributed by atoms with Crippen molar-refractivity contribution < 1.29 is 0 Å². The van der Waals surface area contributed by atoms with Crippen molar-refractivity contribution in [3.8, 4) is 22.5 Å². The van der Waals surface area contributed by atoms with Crippen LogP contribution in [0.2, 0.25) is 0 Å². The van der Waals surface area contributed by atoms with E-state index in [2.05, 4.69) is 76.5 Å². The van der Waals surface area contributed by atoms with Crippen molar-refractivity contribution in [3.63, 3.8) is 0 Å². The zero-order valence-corrected chi connectivity index (χ0v) is 12.9. The van der Waals surface area contributed by atoms with Gasteiger partial charge in [0, 0.05) is 11.1 Å². The van der Waals surface area contributed by atoms with Crippen LogP contribution < -0.4 is 0 Å². The fraction of sp³-hybridized carbons (Fsp3) is 0. The third-order valence-electron chi connectivity index (χ3n) is 3.65. The molecule has 3 heteroatoms. The molecule has 0 saturated carbocycles. The van der Waals surface area contributed by atoms with Crippen LogP contribution in [-0.2, 0) is 0 Å². The number of nitrogens with zero attached hydrogens (tertiary/aromatic N) is 1. The minimum atomic E-state index is -0.444. The van der Waals surface area contributed by atoms with Gasteiger partial charge in [-0.05, 0) is 10.8 Å². The van der Waals surface area contributed by atoms with Gasteiger partial charge in [-0.15, -0.1) is 0 Å². The maximum atomic E-state index is 4.91. The summed E-state index contributed by atoms with van der Waals surface area (Å²) in [5.41, 5.74) is 4.43. The molecule has 22 heavy (non-hydrogen) atoms. The predicted molar refractivity (Wildman–Crippen MR) is 95.0 cm³/mol. The second-order valence-corrected chi connectivity index (χ2v) is 6.94. The number of aromatic amines is 1. The first-order valence-electron chi connectivity index (χ1n) is 7.26. The molecule has 2 aromatic carbocycles. The first kappa shape index (κ1) is 13.2. The number of nitrogens with one attached hydrogen (secondary N) is 1. The summed E-state index contributed by atoms with van der Waals surface area (Å²) < 4.78 is 0. The predicted octanol–water partition coefficient (Wildman–Crippen LogP) is 5.14. The number of thiol groups is 1. The van der Waals surface area contributed by atoms with Crippen LogP contribution in [0, 0.1) is 0 Å². The molecule has 0 aliphatic carbocycles. The van der Waals surface area contributed by atoms with Gasteiger partial charge in [0.15, 0.2) is 5.16 Å². The number of benzene rings is 2. The summed E-state index contributed by atoms with van der Waals surface area (Å²) in [7, 11) is -0.444. The zero-order valence-electron chi connectivity index (χ0n) is 12.0. The van der Waals surface area contributed by atoms with Gasteiger partial charge in [-0.1, -0.05) is 72.8 Å². The van der Waals surface area contributed by atoms with E-state index in [1.165, 1.54) is 5.56 Å². The Morgan fingerprint density at radius 2 is 1.32 bits per heavy atom. The lowest BCUT2D eigenvalue weighted by atomic mass is 10.1. The molecule has 1 aromatic heterocycles. The third kappa shape index (κ3) is 2.40. The molecule has 0 fully saturated rings. The van der Waals surface area contributed by atoms with Crippen molar-refractivity contribution >= 4 is 10.9 Å². The van der Waals surface area contributed by atoms with Gasteiger partial charge in [-0.25, -0.2) is 4.98 Å². The van der Waals surface area contributed by atoms with Gasteiger partial charge in [-0.3, -0.25) is 0 Å². The second-order valence-electron chi connectivity index (χ2n) is 5.11. The van der Waals surface area contributed by atoms with E-state index >= 15 is 0 Å². The van der Waals surface area contributed by atoms with E-state index in [4.69, 9.17) is 4.98 Å². The number of hydrogen-bond acceptors (Lipinski definition) is 1. The van der Waals surface area contributed by atoms with E-state index in [0.717, 1.165) is 22.1 Å². The highest BCUT2D eigenvalue weighted by Gasteiger charge is 2.16. The minimum Gasteiger partial charge on any atom is -0.333 e. The van der Waals surface area contributed by atoms with E-state index in [0.29, 0.717) is 0 Å². The van der Waals surface area contributed by atoms with Crippen LogP contribution in [0.1, 0.15) is 0 Å². The molecule has 0 amide bonds. The number of imidazole rings is 1. The zero-order chi connectivity index (χ0) is 14.8. The monoisotopic (exact) mass is 304 g/mol. The van der Waals surface area contributed by atoms with Crippen molar-refractivity contribution in [3.05, 3.63) is 83.6 Å². The van der Waals surface area contributed by atoms with Crippen molar-refractivity contribution in [2.24, 2.45) is 0 Å². The van der Waals surface area contributed by atoms with Crippen LogP contribution in [0.5, 0.6) is 0 Å². The van der Waals surface area contributed by atoms with Gasteiger partial charge >= 0.3 is 0 Å². The lowest BCUT2D eigenvalue weighted by Crippen LogP contribution is -1.82. The molecule has 3 aromatic rings. The van der Waals surface area contributed by atoms with E-state index in [1.807, 2.05) is 12.1 Å². The molecule has 108 valence electrons. The fourth-order valence-corrected chi connectivity index (χ4v) is 3.99. The quantitative estimate of drug-likeness (QED) is 0.644. The molecule has 1 N–H and O–H groups in total. The molecule has 0 radical (unpaired) electrons. The number of H-pyrrole nitrogens is 1. The largest absolute Gasteiger partial charge is 0.333 e. The van der Waals surface area contributed by atoms with Gasteiger partial charge in [0.25, 0.3) is 0 Å². The average molecular weight is 304 g/mol. The summed E-state index contributed by atoms with van der Waals surface area (Å²) in [6, 6.07) is 20.8. The van der Waals surface area contributed by atoms with Crippen molar-refractivity contribution in [1.82, 2.24) is 9.97 Å². The molecule has 0 unspecified atom stereocenters. The molecule has 4 rings (SSSR count). The molecule has 1 aliphatic heterocycles. The SMILES string of the molecule is C1=C[SH](c2nc(-c3ccccc3)c(-c3ccccc3)[nH]2)C=C1. The maximum absolute atomic E-state index is 4.91. The number of aromatic nitrogens is 2. The van der Waals surface area contributed by atoms with E-state index in [1.54, 1.807) is 0 Å². The first-order chi connectivity index (χ1) is 10.9. The average Bonchev–Trinajstić information content (AvgIpc) is 3.26. The van der Waals surface area contributed by atoms with E-state index < -0.39 is 10.9 Å². The molecular weight excluding hydrogens is 288 g/mol. The van der Waals surface area contributed by atoms with Crippen LogP contribution in [0.4, 0.5) is 0 Å². The molecule has 2 nitrogen and oxygen atoms in total. The van der Waals surface area contributed by atoms with Gasteiger partial charge in [0.1, 0.15) is 0 Å². The number of allylic oxidation sites excluding steroid dienone is 2. The van der Waals surface area contributed by atoms with Gasteiger partial charge in [0.05, 0.1) is 11.4 Å². The number of hydrogen-bond donors (Lipinski definition) is 2. The Kier molecular flexibility index (Phi) is 3.41. The highest BCUT2D eigenvalue weighted by atomic mass is 32.2. The Morgan fingerprint density at radius 1 is 0.727 bits per heavy atom. The fourth-order valence-electron chi connectivity index (χ4n) is 2.58. The number of rotatable bonds is 3. The Balaban J connectivity index is 1.88. The second kappa shape index (κ2) is 5.70. The molecule has 2 heterocycles. The topological polar surface area (TPSA) is 28.7 Å². The standard InChI is InChI=1S/C19H16N2S/c1-3-9-15(10-4-1)17-18(16-11-5-2-6-12-16)21-19(20-17)22-13-7-8-14-22/h1-14,22H,(H,20,21). The first-order valence-corrected chi connectivity index (χ1v) is 8.74. The molecular formula is C19H16N2S. The highest BCUT2D eigenvalue weighted by Crippen LogP contribution is 2.43. The van der Waals surface area contributed by atoms with E-state index in [9.17, 15) is 0 Å². The Bertz CT molecular complexity index is 763. The summed E-state index contributed by atoms with van der Waals surface area (Å²) in [6.45, 7) is 0. The van der Waals surface area contributed by atoms with Crippen LogP contribution in [0.3, 0.4) is 0 Å². The van der Waals surface area contributed by atoms with Crippen molar-refractivity contribution in [2.45, 2.75) is 5.16 Å². The van der Waals surface area contributed by atoms with Gasteiger partial charge in [0.2, 0.25) is 0 Å². The Labute approximate surface area is 132 Å². The Hall–Kier alpha value is -2.52. The summed E-state index contributed by atoms with van der Waals surface area (Å²) in [5.74, 6) is 0. The Morgan fingerprint density at radius 3 is 1.95 bits per heavy atom.